The monoisotopic (exact) mass is 314 g/mol. The minimum atomic E-state index is -0.479. The molecular weight excluding hydrogens is 284 g/mol. The summed E-state index contributed by atoms with van der Waals surface area (Å²) in [4.78, 5) is 22.7. The molecule has 0 heterocycles. The van der Waals surface area contributed by atoms with Crippen molar-refractivity contribution < 1.29 is 19.1 Å². The number of hydrogen-bond acceptors (Lipinski definition) is 4. The van der Waals surface area contributed by atoms with Gasteiger partial charge in [-0.05, 0) is 54.4 Å². The van der Waals surface area contributed by atoms with Gasteiger partial charge in [-0.2, -0.15) is 0 Å². The minimum Gasteiger partial charge on any atom is -0.444 e. The molecule has 2 N–H and O–H groups in total. The number of nitrogens with one attached hydrogen (secondary N) is 2. The first kappa shape index (κ1) is 20.3. The fraction of sp³-hybridized carbons (Fsp3) is 0.750. The van der Waals surface area contributed by atoms with E-state index in [1.807, 2.05) is 53.7 Å². The highest BCUT2D eigenvalue weighted by molar-refractivity contribution is 5.67. The van der Waals surface area contributed by atoms with Crippen molar-refractivity contribution in [3.8, 4) is 0 Å². The topological polar surface area (TPSA) is 76.7 Å². The highest BCUT2D eigenvalue weighted by Crippen LogP contribution is 2.07. The van der Waals surface area contributed by atoms with Crippen LogP contribution >= 0.6 is 0 Å². The average molecular weight is 314 g/mol. The fourth-order valence-corrected chi connectivity index (χ4v) is 1.38. The third-order valence-electron chi connectivity index (χ3n) is 2.13. The summed E-state index contributed by atoms with van der Waals surface area (Å²) in [5.74, 6) is 0. The number of hydrogen-bond donors (Lipinski definition) is 2. The molecule has 0 spiro atoms. The largest absolute Gasteiger partial charge is 0.444 e. The standard InChI is InChI=1S/C16H30N2O4/c1-15(2,3)21-13(19)17-11-9-7-8-10-12-18-14(20)22-16(4,5)6/h7-8H,9-12H2,1-6H3,(H,17,19)(H,18,20). The Bertz CT molecular complexity index is 343. The van der Waals surface area contributed by atoms with Crippen molar-refractivity contribution in [3.63, 3.8) is 0 Å². The van der Waals surface area contributed by atoms with Gasteiger partial charge in [0.2, 0.25) is 0 Å². The Kier molecular flexibility index (Phi) is 8.60. The Morgan fingerprint density at radius 1 is 0.773 bits per heavy atom. The van der Waals surface area contributed by atoms with Gasteiger partial charge in [-0.15, -0.1) is 0 Å². The van der Waals surface area contributed by atoms with Crippen LogP contribution < -0.4 is 10.6 Å². The van der Waals surface area contributed by atoms with Gasteiger partial charge in [-0.25, -0.2) is 9.59 Å². The summed E-state index contributed by atoms with van der Waals surface area (Å²) in [6.45, 7) is 12.0. The molecule has 0 unspecified atom stereocenters. The summed E-state index contributed by atoms with van der Waals surface area (Å²) < 4.78 is 10.2. The smallest absolute Gasteiger partial charge is 0.407 e. The lowest BCUT2D eigenvalue weighted by Gasteiger charge is -2.19. The zero-order valence-corrected chi connectivity index (χ0v) is 14.6. The molecule has 22 heavy (non-hydrogen) atoms. The first-order valence-corrected chi connectivity index (χ1v) is 7.58. The maximum absolute atomic E-state index is 11.4. The molecule has 0 bridgehead atoms. The predicted molar refractivity (Wildman–Crippen MR) is 86.8 cm³/mol. The lowest BCUT2D eigenvalue weighted by Crippen LogP contribution is -2.33. The van der Waals surface area contributed by atoms with Gasteiger partial charge in [0.15, 0.2) is 0 Å². The summed E-state index contributed by atoms with van der Waals surface area (Å²) >= 11 is 0. The van der Waals surface area contributed by atoms with Gasteiger partial charge in [0, 0.05) is 13.1 Å². The molecule has 128 valence electrons. The molecule has 0 rings (SSSR count). The molecule has 0 aromatic rings. The Balaban J connectivity index is 3.60. The highest BCUT2D eigenvalue weighted by atomic mass is 16.6. The molecule has 0 saturated carbocycles. The zero-order valence-electron chi connectivity index (χ0n) is 14.6. The number of ether oxygens (including phenoxy) is 2. The van der Waals surface area contributed by atoms with Crippen LogP contribution in [0.1, 0.15) is 54.4 Å². The van der Waals surface area contributed by atoms with Crippen molar-refractivity contribution in [1.29, 1.82) is 0 Å². The van der Waals surface area contributed by atoms with Gasteiger partial charge < -0.3 is 20.1 Å². The third kappa shape index (κ3) is 14.7. The van der Waals surface area contributed by atoms with E-state index in [9.17, 15) is 9.59 Å². The number of rotatable bonds is 6. The van der Waals surface area contributed by atoms with Crippen molar-refractivity contribution >= 4 is 12.2 Å². The van der Waals surface area contributed by atoms with E-state index in [1.165, 1.54) is 0 Å². The first-order valence-electron chi connectivity index (χ1n) is 7.58. The molecule has 0 radical (unpaired) electrons. The van der Waals surface area contributed by atoms with E-state index < -0.39 is 23.4 Å². The van der Waals surface area contributed by atoms with E-state index in [0.29, 0.717) is 25.9 Å². The molecule has 2 amide bonds. The molecule has 0 aromatic heterocycles. The van der Waals surface area contributed by atoms with Crippen LogP contribution in [0.25, 0.3) is 0 Å². The molecule has 0 aliphatic carbocycles. The average Bonchev–Trinajstić information content (AvgIpc) is 2.27. The number of carbonyl (C=O) groups excluding carboxylic acids is 2. The Morgan fingerprint density at radius 2 is 1.09 bits per heavy atom. The van der Waals surface area contributed by atoms with E-state index in [4.69, 9.17) is 9.47 Å². The summed E-state index contributed by atoms with van der Waals surface area (Å²) in [7, 11) is 0. The summed E-state index contributed by atoms with van der Waals surface area (Å²) in [6.07, 6.45) is 4.51. The lowest BCUT2D eigenvalue weighted by molar-refractivity contribution is 0.0516. The van der Waals surface area contributed by atoms with Crippen LogP contribution in [0.2, 0.25) is 0 Å². The van der Waals surface area contributed by atoms with Crippen LogP contribution in [-0.2, 0) is 9.47 Å². The van der Waals surface area contributed by atoms with E-state index in [-0.39, 0.29) is 0 Å². The fourth-order valence-electron chi connectivity index (χ4n) is 1.38. The molecule has 0 saturated heterocycles. The van der Waals surface area contributed by atoms with E-state index in [1.54, 1.807) is 0 Å². The maximum Gasteiger partial charge on any atom is 0.407 e. The van der Waals surface area contributed by atoms with Gasteiger partial charge in [0.25, 0.3) is 0 Å². The second-order valence-corrected chi connectivity index (χ2v) is 6.91. The van der Waals surface area contributed by atoms with Crippen LogP contribution in [0.4, 0.5) is 9.59 Å². The summed E-state index contributed by atoms with van der Waals surface area (Å²) in [5, 5.41) is 5.34. The molecule has 6 heteroatoms. The van der Waals surface area contributed by atoms with Crippen molar-refractivity contribution in [3.05, 3.63) is 12.2 Å². The molecule has 6 nitrogen and oxygen atoms in total. The van der Waals surface area contributed by atoms with Gasteiger partial charge in [0.1, 0.15) is 11.2 Å². The number of amides is 2. The van der Waals surface area contributed by atoms with Crippen LogP contribution in [0.15, 0.2) is 12.2 Å². The Labute approximate surface area is 133 Å². The van der Waals surface area contributed by atoms with Crippen LogP contribution in [0.5, 0.6) is 0 Å². The number of alkyl carbamates (subject to hydrolysis) is 2. The molecule has 0 aromatic carbocycles. The van der Waals surface area contributed by atoms with E-state index in [0.717, 1.165) is 0 Å². The quantitative estimate of drug-likeness (QED) is 0.582. The third-order valence-corrected chi connectivity index (χ3v) is 2.13. The maximum atomic E-state index is 11.4. The van der Waals surface area contributed by atoms with E-state index in [2.05, 4.69) is 10.6 Å². The Morgan fingerprint density at radius 3 is 1.36 bits per heavy atom. The van der Waals surface area contributed by atoms with Gasteiger partial charge in [-0.3, -0.25) is 0 Å². The highest BCUT2D eigenvalue weighted by Gasteiger charge is 2.15. The lowest BCUT2D eigenvalue weighted by atomic mass is 10.2. The Hall–Kier alpha value is -1.72. The van der Waals surface area contributed by atoms with Crippen LogP contribution in [0.3, 0.4) is 0 Å². The first-order chi connectivity index (χ1) is 9.99. The molecule has 0 fully saturated rings. The van der Waals surface area contributed by atoms with E-state index >= 15 is 0 Å². The van der Waals surface area contributed by atoms with Crippen LogP contribution in [-0.4, -0.2) is 36.5 Å². The number of carbonyl (C=O) groups is 2. The summed E-state index contributed by atoms with van der Waals surface area (Å²) in [5.41, 5.74) is -0.958. The van der Waals surface area contributed by atoms with Crippen molar-refractivity contribution in [2.75, 3.05) is 13.1 Å². The molecule has 0 atom stereocenters. The van der Waals surface area contributed by atoms with Gasteiger partial charge in [-0.1, -0.05) is 12.2 Å². The van der Waals surface area contributed by atoms with Crippen molar-refractivity contribution in [1.82, 2.24) is 10.6 Å². The molecule has 0 aliphatic rings. The summed E-state index contributed by atoms with van der Waals surface area (Å²) in [6, 6.07) is 0. The van der Waals surface area contributed by atoms with Crippen molar-refractivity contribution in [2.24, 2.45) is 0 Å². The molecular formula is C16H30N2O4. The normalized spacial score (nSPS) is 12.1. The van der Waals surface area contributed by atoms with Gasteiger partial charge >= 0.3 is 12.2 Å². The van der Waals surface area contributed by atoms with Gasteiger partial charge in [0.05, 0.1) is 0 Å². The zero-order chi connectivity index (χ0) is 17.2. The second kappa shape index (κ2) is 9.33. The molecule has 0 aliphatic heterocycles. The van der Waals surface area contributed by atoms with Crippen molar-refractivity contribution in [2.45, 2.75) is 65.6 Å². The minimum absolute atomic E-state index is 0.410. The predicted octanol–water partition coefficient (Wildman–Crippen LogP) is 3.37. The SMILES string of the molecule is CC(C)(C)OC(=O)NCCC=CCCNC(=O)OC(C)(C)C. The van der Waals surface area contributed by atoms with Crippen LogP contribution in [0, 0.1) is 0 Å². The second-order valence-electron chi connectivity index (χ2n) is 6.91.